The van der Waals surface area contributed by atoms with Crippen LogP contribution in [0.4, 0.5) is 5.69 Å². The number of ether oxygens (including phenoxy) is 1. The maximum absolute atomic E-state index is 12.7. The van der Waals surface area contributed by atoms with Crippen LogP contribution in [0.15, 0.2) is 60.9 Å². The predicted octanol–water partition coefficient (Wildman–Crippen LogP) is 4.19. The molecule has 4 rings (SSSR count). The molecule has 0 saturated heterocycles. The van der Waals surface area contributed by atoms with Gasteiger partial charge in [-0.1, -0.05) is 18.2 Å². The summed E-state index contributed by atoms with van der Waals surface area (Å²) in [5.41, 5.74) is 4.22. The lowest BCUT2D eigenvalue weighted by molar-refractivity contribution is -0.116. The Morgan fingerprint density at radius 1 is 0.963 bits per heavy atom. The van der Waals surface area contributed by atoms with Crippen molar-refractivity contribution in [1.29, 1.82) is 0 Å². The molecule has 0 fully saturated rings. The van der Waals surface area contributed by atoms with Crippen LogP contribution in [0.1, 0.15) is 5.56 Å². The summed E-state index contributed by atoms with van der Waals surface area (Å²) >= 11 is 0. The van der Waals surface area contributed by atoms with Crippen LogP contribution in [-0.4, -0.2) is 28.8 Å². The standard InChI is InChI=1S/C22H23N3O2/c1-16-5-3-7-20-17(16)9-12-25(20)15-22(26)23-19-6-4-8-21-18(19)10-11-24(21)13-14-27-2/h3-12H,13-15H2,1-2H3,(H,23,26). The first-order valence-corrected chi connectivity index (χ1v) is 9.08. The molecule has 0 atom stereocenters. The third-order valence-corrected chi connectivity index (χ3v) is 4.97. The Morgan fingerprint density at radius 2 is 1.67 bits per heavy atom. The highest BCUT2D eigenvalue weighted by molar-refractivity contribution is 6.01. The molecule has 0 aliphatic heterocycles. The molecule has 138 valence electrons. The molecule has 0 radical (unpaired) electrons. The zero-order valence-corrected chi connectivity index (χ0v) is 15.6. The van der Waals surface area contributed by atoms with Gasteiger partial charge in [-0.2, -0.15) is 0 Å². The van der Waals surface area contributed by atoms with Crippen LogP contribution in [0, 0.1) is 6.92 Å². The van der Waals surface area contributed by atoms with Crippen LogP contribution in [0.25, 0.3) is 21.8 Å². The van der Waals surface area contributed by atoms with E-state index >= 15 is 0 Å². The first-order valence-electron chi connectivity index (χ1n) is 9.08. The monoisotopic (exact) mass is 361 g/mol. The third-order valence-electron chi connectivity index (χ3n) is 4.97. The lowest BCUT2D eigenvalue weighted by Gasteiger charge is -2.10. The van der Waals surface area contributed by atoms with Crippen molar-refractivity contribution < 1.29 is 9.53 Å². The Morgan fingerprint density at radius 3 is 2.48 bits per heavy atom. The highest BCUT2D eigenvalue weighted by Crippen LogP contribution is 2.25. The second kappa shape index (κ2) is 7.29. The first-order chi connectivity index (χ1) is 13.2. The molecule has 0 saturated carbocycles. The van der Waals surface area contributed by atoms with Crippen molar-refractivity contribution in [1.82, 2.24) is 9.13 Å². The van der Waals surface area contributed by atoms with Crippen LogP contribution < -0.4 is 5.32 Å². The van der Waals surface area contributed by atoms with Crippen LogP contribution in [-0.2, 0) is 22.6 Å². The van der Waals surface area contributed by atoms with Crippen molar-refractivity contribution in [2.75, 3.05) is 19.0 Å². The van der Waals surface area contributed by atoms with Crippen LogP contribution in [0.2, 0.25) is 0 Å². The molecule has 2 aromatic heterocycles. The van der Waals surface area contributed by atoms with E-state index in [4.69, 9.17) is 4.74 Å². The van der Waals surface area contributed by atoms with E-state index in [-0.39, 0.29) is 12.5 Å². The number of hydrogen-bond donors (Lipinski definition) is 1. The molecule has 4 aromatic rings. The molecule has 5 nitrogen and oxygen atoms in total. The number of aryl methyl sites for hydroxylation is 1. The van der Waals surface area contributed by atoms with Crippen molar-refractivity contribution >= 4 is 33.4 Å². The lowest BCUT2D eigenvalue weighted by atomic mass is 10.1. The molecule has 0 aliphatic rings. The quantitative estimate of drug-likeness (QED) is 0.560. The number of nitrogens with one attached hydrogen (secondary N) is 1. The molecule has 1 N–H and O–H groups in total. The van der Waals surface area contributed by atoms with E-state index in [1.54, 1.807) is 7.11 Å². The molecule has 0 bridgehead atoms. The molecule has 0 unspecified atom stereocenters. The van der Waals surface area contributed by atoms with Gasteiger partial charge in [0.15, 0.2) is 0 Å². The summed E-state index contributed by atoms with van der Waals surface area (Å²) in [6, 6.07) is 16.2. The summed E-state index contributed by atoms with van der Waals surface area (Å²) in [7, 11) is 1.70. The smallest absolute Gasteiger partial charge is 0.244 e. The van der Waals surface area contributed by atoms with Gasteiger partial charge in [0.05, 0.1) is 17.8 Å². The fraction of sp³-hybridized carbons (Fsp3) is 0.227. The number of nitrogens with zero attached hydrogens (tertiary/aromatic N) is 2. The molecule has 0 spiro atoms. The average Bonchev–Trinajstić information content (AvgIpc) is 3.26. The maximum Gasteiger partial charge on any atom is 0.244 e. The summed E-state index contributed by atoms with van der Waals surface area (Å²) in [4.78, 5) is 12.7. The first kappa shape index (κ1) is 17.4. The van der Waals surface area contributed by atoms with Crippen molar-refractivity contribution in [2.45, 2.75) is 20.0 Å². The van der Waals surface area contributed by atoms with E-state index in [9.17, 15) is 4.79 Å². The Bertz CT molecular complexity index is 1110. The van der Waals surface area contributed by atoms with E-state index in [2.05, 4.69) is 35.0 Å². The van der Waals surface area contributed by atoms with E-state index in [1.807, 2.05) is 47.3 Å². The Labute approximate surface area is 158 Å². The van der Waals surface area contributed by atoms with E-state index in [0.717, 1.165) is 28.7 Å². The molecule has 1 amide bonds. The molecular weight excluding hydrogens is 338 g/mol. The molecule has 2 aromatic carbocycles. The molecule has 27 heavy (non-hydrogen) atoms. The van der Waals surface area contributed by atoms with Crippen molar-refractivity contribution in [3.8, 4) is 0 Å². The molecule has 0 aliphatic carbocycles. The number of carbonyl (C=O) groups excluding carboxylic acids is 1. The second-order valence-corrected chi connectivity index (χ2v) is 6.74. The summed E-state index contributed by atoms with van der Waals surface area (Å²) < 4.78 is 9.29. The number of rotatable bonds is 6. The van der Waals surface area contributed by atoms with Crippen LogP contribution >= 0.6 is 0 Å². The van der Waals surface area contributed by atoms with Gasteiger partial charge < -0.3 is 19.2 Å². The molecule has 2 heterocycles. The summed E-state index contributed by atoms with van der Waals surface area (Å²) in [6.07, 6.45) is 4.00. The van der Waals surface area contributed by atoms with Gasteiger partial charge in [0.25, 0.3) is 0 Å². The minimum absolute atomic E-state index is 0.0360. The maximum atomic E-state index is 12.7. The number of hydrogen-bond acceptors (Lipinski definition) is 2. The fourth-order valence-corrected chi connectivity index (χ4v) is 3.58. The van der Waals surface area contributed by atoms with Gasteiger partial charge in [0.1, 0.15) is 6.54 Å². The number of methoxy groups -OCH3 is 1. The minimum Gasteiger partial charge on any atom is -0.383 e. The van der Waals surface area contributed by atoms with E-state index < -0.39 is 0 Å². The number of fused-ring (bicyclic) bond motifs is 2. The SMILES string of the molecule is COCCn1ccc2c(NC(=O)Cn3ccc4c(C)cccc43)cccc21. The van der Waals surface area contributed by atoms with Gasteiger partial charge in [-0.15, -0.1) is 0 Å². The van der Waals surface area contributed by atoms with Gasteiger partial charge in [0.2, 0.25) is 5.91 Å². The van der Waals surface area contributed by atoms with Gasteiger partial charge in [-0.05, 0) is 42.8 Å². The summed E-state index contributed by atoms with van der Waals surface area (Å²) in [5.74, 6) is -0.0360. The lowest BCUT2D eigenvalue weighted by Crippen LogP contribution is -2.18. The normalized spacial score (nSPS) is 11.3. The highest BCUT2D eigenvalue weighted by Gasteiger charge is 2.11. The number of carbonyl (C=O) groups is 1. The number of benzene rings is 2. The number of amides is 1. The zero-order valence-electron chi connectivity index (χ0n) is 15.6. The van der Waals surface area contributed by atoms with Crippen molar-refractivity contribution in [2.24, 2.45) is 0 Å². The van der Waals surface area contributed by atoms with Crippen LogP contribution in [0.5, 0.6) is 0 Å². The van der Waals surface area contributed by atoms with Gasteiger partial charge in [-0.3, -0.25) is 4.79 Å². The minimum atomic E-state index is -0.0360. The predicted molar refractivity (Wildman–Crippen MR) is 109 cm³/mol. The largest absolute Gasteiger partial charge is 0.383 e. The highest BCUT2D eigenvalue weighted by atomic mass is 16.5. The number of anilines is 1. The Hall–Kier alpha value is -3.05. The van der Waals surface area contributed by atoms with Gasteiger partial charge in [-0.25, -0.2) is 0 Å². The fourth-order valence-electron chi connectivity index (χ4n) is 3.58. The Kier molecular flexibility index (Phi) is 4.69. The molecule has 5 heteroatoms. The zero-order chi connectivity index (χ0) is 18.8. The second-order valence-electron chi connectivity index (χ2n) is 6.74. The summed E-state index contributed by atoms with van der Waals surface area (Å²) in [5, 5.41) is 5.29. The third kappa shape index (κ3) is 3.34. The van der Waals surface area contributed by atoms with Crippen molar-refractivity contribution in [3.63, 3.8) is 0 Å². The van der Waals surface area contributed by atoms with E-state index in [1.165, 1.54) is 10.9 Å². The van der Waals surface area contributed by atoms with Gasteiger partial charge in [0, 0.05) is 42.3 Å². The van der Waals surface area contributed by atoms with Crippen molar-refractivity contribution in [3.05, 3.63) is 66.5 Å². The topological polar surface area (TPSA) is 48.2 Å². The number of aromatic nitrogens is 2. The van der Waals surface area contributed by atoms with Gasteiger partial charge >= 0.3 is 0 Å². The van der Waals surface area contributed by atoms with E-state index in [0.29, 0.717) is 6.61 Å². The summed E-state index contributed by atoms with van der Waals surface area (Å²) in [6.45, 7) is 3.81. The molecular formula is C22H23N3O2. The average molecular weight is 361 g/mol. The van der Waals surface area contributed by atoms with Crippen LogP contribution in [0.3, 0.4) is 0 Å². The Balaban J connectivity index is 1.56.